The quantitative estimate of drug-likeness (QED) is 0.458. The zero-order valence-electron chi connectivity index (χ0n) is 17.6. The molecule has 2 rings (SSSR count). The van der Waals surface area contributed by atoms with E-state index in [1.807, 2.05) is 44.2 Å². The van der Waals surface area contributed by atoms with E-state index in [9.17, 15) is 5.26 Å². The minimum Gasteiger partial charge on any atom is -0.468 e. The van der Waals surface area contributed by atoms with Crippen LogP contribution in [0.25, 0.3) is 0 Å². The Labute approximate surface area is 174 Å². The van der Waals surface area contributed by atoms with Crippen LogP contribution in [0.4, 0.5) is 0 Å². The minimum atomic E-state index is -0.256. The largest absolute Gasteiger partial charge is 0.468 e. The Morgan fingerprint density at radius 3 is 2.90 bits per heavy atom. The maximum Gasteiger partial charge on any atom is 0.232 e. The Kier molecular flexibility index (Phi) is 10.1. The molecule has 1 atom stereocenters. The van der Waals surface area contributed by atoms with Crippen LogP contribution in [0.3, 0.4) is 0 Å². The molecule has 1 aliphatic heterocycles. The van der Waals surface area contributed by atoms with Crippen LogP contribution in [0.1, 0.15) is 24.6 Å². The number of nitrogens with one attached hydrogen (secondary N) is 1. The number of nitrogens with zero attached hydrogens (tertiary/aromatic N) is 3. The van der Waals surface area contributed by atoms with E-state index in [2.05, 4.69) is 27.8 Å². The molecule has 0 bridgehead atoms. The molecule has 1 N–H and O–H groups in total. The van der Waals surface area contributed by atoms with Gasteiger partial charge < -0.3 is 14.8 Å². The molecule has 0 aliphatic carbocycles. The molecule has 1 aromatic rings. The lowest BCUT2D eigenvalue weighted by atomic mass is 10.1. The van der Waals surface area contributed by atoms with Crippen LogP contribution >= 0.6 is 0 Å². The maximum absolute atomic E-state index is 9.36. The summed E-state index contributed by atoms with van der Waals surface area (Å²) >= 11 is 0. The van der Waals surface area contributed by atoms with Crippen LogP contribution in [0.15, 0.2) is 48.6 Å². The van der Waals surface area contributed by atoms with Crippen molar-refractivity contribution in [3.05, 3.63) is 59.8 Å². The standard InChI is InChI=1S/C23H32N4O2/c1-4-5-6-7-19(2)22(29-23-21(18-24)9-8-20(3)26-23)10-11-25-12-13-27-14-16-28-17-15-27/h4-9,22,25H,2,10-17H2,1,3H3/b5-4-,7-6-/t22-/m1/s1. The van der Waals surface area contributed by atoms with Gasteiger partial charge in [0.15, 0.2) is 0 Å². The first kappa shape index (κ1) is 22.8. The summed E-state index contributed by atoms with van der Waals surface area (Å²) in [7, 11) is 0. The van der Waals surface area contributed by atoms with Crippen molar-refractivity contribution in [2.75, 3.05) is 45.9 Å². The number of rotatable bonds is 11. The SMILES string of the molecule is C=C(/C=C\C=C/C)[C@@H](CCNCCN1CCOCC1)Oc1nc(C)ccc1C#N. The van der Waals surface area contributed by atoms with Gasteiger partial charge in [0.1, 0.15) is 17.7 Å². The van der Waals surface area contributed by atoms with Crippen LogP contribution in [-0.2, 0) is 4.74 Å². The normalized spacial score (nSPS) is 16.2. The molecule has 29 heavy (non-hydrogen) atoms. The number of ether oxygens (including phenoxy) is 2. The van der Waals surface area contributed by atoms with Gasteiger partial charge >= 0.3 is 0 Å². The molecule has 6 heteroatoms. The molecule has 1 aliphatic rings. The predicted octanol–water partition coefficient (Wildman–Crippen LogP) is 3.01. The molecule has 0 aromatic carbocycles. The van der Waals surface area contributed by atoms with Crippen molar-refractivity contribution >= 4 is 0 Å². The highest BCUT2D eigenvalue weighted by atomic mass is 16.5. The summed E-state index contributed by atoms with van der Waals surface area (Å²) in [5, 5.41) is 12.8. The number of hydrogen-bond acceptors (Lipinski definition) is 6. The lowest BCUT2D eigenvalue weighted by Crippen LogP contribution is -2.40. The van der Waals surface area contributed by atoms with Gasteiger partial charge in [-0.3, -0.25) is 4.90 Å². The number of allylic oxidation sites excluding steroid dienone is 3. The smallest absolute Gasteiger partial charge is 0.232 e. The Balaban J connectivity index is 1.93. The van der Waals surface area contributed by atoms with E-state index in [0.29, 0.717) is 11.4 Å². The summed E-state index contributed by atoms with van der Waals surface area (Å²) in [5.74, 6) is 0.367. The Hall–Kier alpha value is -2.46. The van der Waals surface area contributed by atoms with E-state index in [4.69, 9.17) is 9.47 Å². The van der Waals surface area contributed by atoms with Gasteiger partial charge in [-0.2, -0.15) is 5.26 Å². The summed E-state index contributed by atoms with van der Waals surface area (Å²) in [6.07, 6.45) is 8.29. The van der Waals surface area contributed by atoms with Crippen LogP contribution in [0, 0.1) is 18.3 Å². The molecule has 6 nitrogen and oxygen atoms in total. The molecule has 2 heterocycles. The van der Waals surface area contributed by atoms with E-state index < -0.39 is 0 Å². The first-order chi connectivity index (χ1) is 14.1. The minimum absolute atomic E-state index is 0.256. The monoisotopic (exact) mass is 396 g/mol. The summed E-state index contributed by atoms with van der Waals surface area (Å²) in [6, 6.07) is 5.71. The zero-order chi connectivity index (χ0) is 20.9. The van der Waals surface area contributed by atoms with Gasteiger partial charge in [-0.25, -0.2) is 4.98 Å². The fourth-order valence-electron chi connectivity index (χ4n) is 2.98. The highest BCUT2D eigenvalue weighted by molar-refractivity contribution is 5.39. The highest BCUT2D eigenvalue weighted by Gasteiger charge is 2.16. The fraction of sp³-hybridized carbons (Fsp3) is 0.478. The summed E-state index contributed by atoms with van der Waals surface area (Å²) in [5.41, 5.74) is 2.10. The van der Waals surface area contributed by atoms with Gasteiger partial charge in [-0.15, -0.1) is 0 Å². The molecule has 1 saturated heterocycles. The van der Waals surface area contributed by atoms with Crippen LogP contribution in [0.5, 0.6) is 5.88 Å². The predicted molar refractivity (Wildman–Crippen MR) is 116 cm³/mol. The van der Waals surface area contributed by atoms with Crippen molar-refractivity contribution in [2.45, 2.75) is 26.4 Å². The fourth-order valence-corrected chi connectivity index (χ4v) is 2.98. The van der Waals surface area contributed by atoms with Gasteiger partial charge in [0.05, 0.1) is 13.2 Å². The molecular formula is C23H32N4O2. The second kappa shape index (κ2) is 12.9. The second-order valence-electron chi connectivity index (χ2n) is 6.98. The number of aryl methyl sites for hydroxylation is 1. The van der Waals surface area contributed by atoms with Crippen molar-refractivity contribution in [3.8, 4) is 11.9 Å². The molecule has 156 valence electrons. The van der Waals surface area contributed by atoms with Crippen molar-refractivity contribution in [2.24, 2.45) is 0 Å². The van der Waals surface area contributed by atoms with Crippen LogP contribution in [0.2, 0.25) is 0 Å². The van der Waals surface area contributed by atoms with Crippen LogP contribution in [-0.4, -0.2) is 61.9 Å². The molecule has 0 unspecified atom stereocenters. The number of morpholine rings is 1. The summed E-state index contributed by atoms with van der Waals surface area (Å²) < 4.78 is 11.5. The topological polar surface area (TPSA) is 70.4 Å². The Morgan fingerprint density at radius 2 is 2.17 bits per heavy atom. The number of hydrogen-bond donors (Lipinski definition) is 1. The van der Waals surface area contributed by atoms with Crippen molar-refractivity contribution in [1.29, 1.82) is 5.26 Å². The van der Waals surface area contributed by atoms with Crippen LogP contribution < -0.4 is 10.1 Å². The lowest BCUT2D eigenvalue weighted by molar-refractivity contribution is 0.0384. The van der Waals surface area contributed by atoms with Gasteiger partial charge in [-0.05, 0) is 38.1 Å². The Morgan fingerprint density at radius 1 is 1.38 bits per heavy atom. The first-order valence-corrected chi connectivity index (χ1v) is 10.2. The average Bonchev–Trinajstić information content (AvgIpc) is 2.73. The van der Waals surface area contributed by atoms with E-state index in [1.54, 1.807) is 6.07 Å². The summed E-state index contributed by atoms with van der Waals surface area (Å²) in [6.45, 7) is 14.4. The van der Waals surface area contributed by atoms with Gasteiger partial charge in [0, 0.05) is 38.3 Å². The van der Waals surface area contributed by atoms with E-state index in [0.717, 1.165) is 63.6 Å². The van der Waals surface area contributed by atoms with Gasteiger partial charge in [-0.1, -0.05) is 30.9 Å². The van der Waals surface area contributed by atoms with E-state index in [1.165, 1.54) is 0 Å². The molecule has 1 fully saturated rings. The van der Waals surface area contributed by atoms with Crippen molar-refractivity contribution < 1.29 is 9.47 Å². The third-order valence-corrected chi connectivity index (χ3v) is 4.69. The highest BCUT2D eigenvalue weighted by Crippen LogP contribution is 2.20. The lowest BCUT2D eigenvalue weighted by Gasteiger charge is -2.26. The van der Waals surface area contributed by atoms with E-state index >= 15 is 0 Å². The number of aromatic nitrogens is 1. The second-order valence-corrected chi connectivity index (χ2v) is 6.98. The number of nitriles is 1. The van der Waals surface area contributed by atoms with E-state index in [-0.39, 0.29) is 6.10 Å². The van der Waals surface area contributed by atoms with Crippen molar-refractivity contribution in [3.63, 3.8) is 0 Å². The molecule has 0 saturated carbocycles. The summed E-state index contributed by atoms with van der Waals surface area (Å²) in [4.78, 5) is 6.81. The third kappa shape index (κ3) is 8.20. The molecule has 1 aromatic heterocycles. The first-order valence-electron chi connectivity index (χ1n) is 10.2. The Bertz CT molecular complexity index is 746. The molecule has 0 spiro atoms. The molecule has 0 amide bonds. The zero-order valence-corrected chi connectivity index (χ0v) is 17.6. The maximum atomic E-state index is 9.36. The number of pyridine rings is 1. The van der Waals surface area contributed by atoms with Crippen molar-refractivity contribution in [1.82, 2.24) is 15.2 Å². The van der Waals surface area contributed by atoms with Gasteiger partial charge in [0.25, 0.3) is 0 Å². The average molecular weight is 397 g/mol. The van der Waals surface area contributed by atoms with Gasteiger partial charge in [0.2, 0.25) is 5.88 Å². The molecule has 0 radical (unpaired) electrons. The third-order valence-electron chi connectivity index (χ3n) is 4.69. The molecular weight excluding hydrogens is 364 g/mol.